The normalized spacial score (nSPS) is 23.6. The van der Waals surface area contributed by atoms with E-state index in [1.54, 1.807) is 11.8 Å². The first-order valence-electron chi connectivity index (χ1n) is 7.80. The van der Waals surface area contributed by atoms with Gasteiger partial charge in [0.1, 0.15) is 6.17 Å². The van der Waals surface area contributed by atoms with Crippen LogP contribution in [0.5, 0.6) is 0 Å². The molecule has 1 aliphatic rings. The molecule has 0 bridgehead atoms. The lowest BCUT2D eigenvalue weighted by Gasteiger charge is -2.30. The second-order valence-electron chi connectivity index (χ2n) is 5.80. The van der Waals surface area contributed by atoms with Crippen molar-refractivity contribution in [3.8, 4) is 0 Å². The molecule has 0 aromatic heterocycles. The standard InChI is InChI=1S/C17H26N2OS/c1-5-6-7-12(2)19-16(18-13(3)17(19)20)14-8-10-15(21-4)11-9-14/h8-13,16,18H,5-7H2,1-4H3. The number of thioether (sulfide) groups is 1. The molecule has 116 valence electrons. The minimum atomic E-state index is -0.0979. The second kappa shape index (κ2) is 7.32. The molecule has 1 amide bonds. The van der Waals surface area contributed by atoms with E-state index in [1.165, 1.54) is 16.9 Å². The molecule has 2 rings (SSSR count). The molecule has 1 saturated heterocycles. The van der Waals surface area contributed by atoms with Crippen molar-refractivity contribution in [3.05, 3.63) is 29.8 Å². The van der Waals surface area contributed by atoms with E-state index >= 15 is 0 Å². The maximum Gasteiger partial charge on any atom is 0.241 e. The summed E-state index contributed by atoms with van der Waals surface area (Å²) in [4.78, 5) is 15.8. The Balaban J connectivity index is 2.20. The van der Waals surface area contributed by atoms with Gasteiger partial charge in [0.2, 0.25) is 5.91 Å². The van der Waals surface area contributed by atoms with Gasteiger partial charge in [-0.15, -0.1) is 11.8 Å². The van der Waals surface area contributed by atoms with Gasteiger partial charge in [0, 0.05) is 10.9 Å². The van der Waals surface area contributed by atoms with E-state index in [-0.39, 0.29) is 24.2 Å². The Hall–Kier alpha value is -1.00. The van der Waals surface area contributed by atoms with Crippen LogP contribution in [0, 0.1) is 0 Å². The van der Waals surface area contributed by atoms with Gasteiger partial charge in [0.25, 0.3) is 0 Å². The van der Waals surface area contributed by atoms with E-state index in [9.17, 15) is 4.79 Å². The van der Waals surface area contributed by atoms with Crippen LogP contribution in [0.25, 0.3) is 0 Å². The fourth-order valence-corrected chi connectivity index (χ4v) is 3.30. The minimum Gasteiger partial charge on any atom is -0.319 e. The third kappa shape index (κ3) is 3.61. The number of unbranched alkanes of at least 4 members (excludes halogenated alkanes) is 1. The fourth-order valence-electron chi connectivity index (χ4n) is 2.89. The maximum atomic E-state index is 12.5. The van der Waals surface area contributed by atoms with Crippen molar-refractivity contribution in [2.75, 3.05) is 6.26 Å². The first kappa shape index (κ1) is 16.4. The molecule has 3 nitrogen and oxygen atoms in total. The smallest absolute Gasteiger partial charge is 0.241 e. The van der Waals surface area contributed by atoms with Crippen molar-refractivity contribution in [2.45, 2.75) is 63.2 Å². The Labute approximate surface area is 132 Å². The first-order chi connectivity index (χ1) is 10.1. The molecular weight excluding hydrogens is 280 g/mol. The number of carbonyl (C=O) groups is 1. The maximum absolute atomic E-state index is 12.5. The zero-order chi connectivity index (χ0) is 15.4. The molecule has 0 spiro atoms. The summed E-state index contributed by atoms with van der Waals surface area (Å²) in [6.45, 7) is 6.31. The zero-order valence-electron chi connectivity index (χ0n) is 13.4. The van der Waals surface area contributed by atoms with Crippen molar-refractivity contribution in [3.63, 3.8) is 0 Å². The highest BCUT2D eigenvalue weighted by molar-refractivity contribution is 7.98. The second-order valence-corrected chi connectivity index (χ2v) is 6.68. The average Bonchev–Trinajstić information content (AvgIpc) is 2.80. The fraction of sp³-hybridized carbons (Fsp3) is 0.588. The first-order valence-corrected chi connectivity index (χ1v) is 9.03. The van der Waals surface area contributed by atoms with Gasteiger partial charge in [0.05, 0.1) is 6.04 Å². The van der Waals surface area contributed by atoms with Crippen molar-refractivity contribution in [2.24, 2.45) is 0 Å². The third-order valence-electron chi connectivity index (χ3n) is 4.19. The van der Waals surface area contributed by atoms with E-state index in [0.29, 0.717) is 0 Å². The molecule has 1 fully saturated rings. The lowest BCUT2D eigenvalue weighted by atomic mass is 10.1. The van der Waals surface area contributed by atoms with Gasteiger partial charge < -0.3 is 4.90 Å². The molecule has 0 radical (unpaired) electrons. The third-order valence-corrected chi connectivity index (χ3v) is 4.94. The summed E-state index contributed by atoms with van der Waals surface area (Å²) >= 11 is 1.74. The minimum absolute atomic E-state index is 0.00950. The van der Waals surface area contributed by atoms with Crippen LogP contribution in [0.2, 0.25) is 0 Å². The van der Waals surface area contributed by atoms with Crippen LogP contribution in [0.1, 0.15) is 51.8 Å². The summed E-state index contributed by atoms with van der Waals surface area (Å²) in [6.07, 6.45) is 5.49. The lowest BCUT2D eigenvalue weighted by molar-refractivity contribution is -0.131. The largest absolute Gasteiger partial charge is 0.319 e. The predicted octanol–water partition coefficient (Wildman–Crippen LogP) is 3.81. The van der Waals surface area contributed by atoms with E-state index in [2.05, 4.69) is 49.7 Å². The Morgan fingerprint density at radius 2 is 2.00 bits per heavy atom. The van der Waals surface area contributed by atoms with Crippen LogP contribution in [-0.2, 0) is 4.79 Å². The molecule has 0 saturated carbocycles. The summed E-state index contributed by atoms with van der Waals surface area (Å²) in [7, 11) is 0. The van der Waals surface area contributed by atoms with Gasteiger partial charge in [-0.25, -0.2) is 0 Å². The van der Waals surface area contributed by atoms with Crippen molar-refractivity contribution >= 4 is 17.7 Å². The van der Waals surface area contributed by atoms with Gasteiger partial charge in [-0.2, -0.15) is 0 Å². The highest BCUT2D eigenvalue weighted by Gasteiger charge is 2.39. The number of amides is 1. The topological polar surface area (TPSA) is 32.3 Å². The Kier molecular flexibility index (Phi) is 5.71. The van der Waals surface area contributed by atoms with Gasteiger partial charge in [-0.05, 0) is 44.2 Å². The number of nitrogens with one attached hydrogen (secondary N) is 1. The lowest BCUT2D eigenvalue weighted by Crippen LogP contribution is -2.38. The summed E-state index contributed by atoms with van der Waals surface area (Å²) in [5.41, 5.74) is 1.17. The van der Waals surface area contributed by atoms with Crippen LogP contribution in [0.15, 0.2) is 29.2 Å². The van der Waals surface area contributed by atoms with Gasteiger partial charge in [0.15, 0.2) is 0 Å². The SMILES string of the molecule is CCCCC(C)N1C(=O)C(C)NC1c1ccc(SC)cc1. The molecule has 0 aliphatic carbocycles. The van der Waals surface area contributed by atoms with E-state index in [0.717, 1.165) is 12.8 Å². The number of nitrogens with zero attached hydrogens (tertiary/aromatic N) is 1. The number of carbonyl (C=O) groups excluding carboxylic acids is 1. The predicted molar refractivity (Wildman–Crippen MR) is 89.4 cm³/mol. The number of hydrogen-bond acceptors (Lipinski definition) is 3. The molecule has 1 aliphatic heterocycles. The van der Waals surface area contributed by atoms with Crippen LogP contribution >= 0.6 is 11.8 Å². The molecule has 21 heavy (non-hydrogen) atoms. The number of hydrogen-bond donors (Lipinski definition) is 1. The molecule has 1 heterocycles. The highest BCUT2D eigenvalue weighted by atomic mass is 32.2. The summed E-state index contributed by atoms with van der Waals surface area (Å²) in [6, 6.07) is 8.70. The van der Waals surface area contributed by atoms with Gasteiger partial charge in [-0.3, -0.25) is 10.1 Å². The Morgan fingerprint density at radius 3 is 2.57 bits per heavy atom. The summed E-state index contributed by atoms with van der Waals surface area (Å²) < 4.78 is 0. The van der Waals surface area contributed by atoms with E-state index < -0.39 is 0 Å². The van der Waals surface area contributed by atoms with Crippen LogP contribution in [-0.4, -0.2) is 29.1 Å². The zero-order valence-corrected chi connectivity index (χ0v) is 14.2. The van der Waals surface area contributed by atoms with Crippen molar-refractivity contribution in [1.82, 2.24) is 10.2 Å². The van der Waals surface area contributed by atoms with Crippen molar-refractivity contribution < 1.29 is 4.79 Å². The highest BCUT2D eigenvalue weighted by Crippen LogP contribution is 2.30. The van der Waals surface area contributed by atoms with E-state index in [4.69, 9.17) is 0 Å². The number of benzene rings is 1. The van der Waals surface area contributed by atoms with Gasteiger partial charge in [-0.1, -0.05) is 31.9 Å². The van der Waals surface area contributed by atoms with Gasteiger partial charge >= 0.3 is 0 Å². The Bertz CT molecular complexity index is 474. The molecule has 1 N–H and O–H groups in total. The molecule has 3 unspecified atom stereocenters. The monoisotopic (exact) mass is 306 g/mol. The average molecular weight is 306 g/mol. The van der Waals surface area contributed by atoms with Crippen LogP contribution in [0.4, 0.5) is 0 Å². The molecular formula is C17H26N2OS. The number of rotatable bonds is 6. The van der Waals surface area contributed by atoms with Crippen LogP contribution < -0.4 is 5.32 Å². The molecule has 1 aromatic carbocycles. The summed E-state index contributed by atoms with van der Waals surface area (Å²) in [5, 5.41) is 3.43. The Morgan fingerprint density at radius 1 is 1.33 bits per heavy atom. The quantitative estimate of drug-likeness (QED) is 0.811. The summed E-state index contributed by atoms with van der Waals surface area (Å²) in [5.74, 6) is 0.220. The molecule has 3 atom stereocenters. The van der Waals surface area contributed by atoms with Crippen molar-refractivity contribution in [1.29, 1.82) is 0 Å². The van der Waals surface area contributed by atoms with E-state index in [1.807, 2.05) is 11.8 Å². The molecule has 4 heteroatoms. The molecule has 1 aromatic rings. The van der Waals surface area contributed by atoms with Crippen LogP contribution in [0.3, 0.4) is 0 Å².